The summed E-state index contributed by atoms with van der Waals surface area (Å²) in [4.78, 5) is 14.1. The average Bonchev–Trinajstić information content (AvgIpc) is 2.26. The predicted octanol–water partition coefficient (Wildman–Crippen LogP) is 2.85. The molecule has 1 rings (SSSR count). The highest BCUT2D eigenvalue weighted by Crippen LogP contribution is 2.40. The Morgan fingerprint density at radius 2 is 2.05 bits per heavy atom. The van der Waals surface area contributed by atoms with E-state index in [1.165, 1.54) is 6.92 Å². The van der Waals surface area contributed by atoms with Gasteiger partial charge in [0.25, 0.3) is 6.43 Å². The van der Waals surface area contributed by atoms with Crippen molar-refractivity contribution in [2.45, 2.75) is 25.9 Å². The number of pyridine rings is 1. The van der Waals surface area contributed by atoms with E-state index in [9.17, 15) is 31.9 Å². The van der Waals surface area contributed by atoms with Crippen LogP contribution in [0.15, 0.2) is 6.20 Å². The van der Waals surface area contributed by atoms with Crippen molar-refractivity contribution in [3.05, 3.63) is 23.0 Å². The third-order valence-corrected chi connectivity index (χ3v) is 2.30. The maximum absolute atomic E-state index is 12.8. The van der Waals surface area contributed by atoms with Crippen molar-refractivity contribution in [3.63, 3.8) is 0 Å². The number of nitrogens with zero attached hydrogens (tertiary/aromatic N) is 1. The zero-order valence-electron chi connectivity index (χ0n) is 10.2. The van der Waals surface area contributed by atoms with Crippen LogP contribution >= 0.6 is 0 Å². The molecule has 0 atom stereocenters. The van der Waals surface area contributed by atoms with E-state index in [1.807, 2.05) is 0 Å². The van der Waals surface area contributed by atoms with E-state index in [2.05, 4.69) is 9.72 Å². The first-order chi connectivity index (χ1) is 9.18. The van der Waals surface area contributed by atoms with Crippen molar-refractivity contribution in [1.82, 2.24) is 4.98 Å². The van der Waals surface area contributed by atoms with Crippen molar-refractivity contribution in [2.24, 2.45) is 0 Å². The van der Waals surface area contributed by atoms with Gasteiger partial charge in [-0.3, -0.25) is 4.79 Å². The first kappa shape index (κ1) is 16.1. The number of carbonyl (C=O) groups excluding carboxylic acids is 1. The van der Waals surface area contributed by atoms with E-state index in [-0.39, 0.29) is 6.61 Å². The monoisotopic (exact) mass is 299 g/mol. The molecule has 1 aromatic rings. The second kappa shape index (κ2) is 6.02. The lowest BCUT2D eigenvalue weighted by molar-refractivity contribution is -0.142. The van der Waals surface area contributed by atoms with Crippen LogP contribution in [0.1, 0.15) is 30.2 Å². The maximum Gasteiger partial charge on any atom is 0.437 e. The predicted molar refractivity (Wildman–Crippen MR) is 56.2 cm³/mol. The van der Waals surface area contributed by atoms with E-state index >= 15 is 0 Å². The Bertz CT molecular complexity index is 502. The summed E-state index contributed by atoms with van der Waals surface area (Å²) >= 11 is 0. The molecule has 0 amide bonds. The van der Waals surface area contributed by atoms with Gasteiger partial charge in [0.15, 0.2) is 11.4 Å². The number of aromatic hydroxyl groups is 1. The first-order valence-electron chi connectivity index (χ1n) is 5.40. The number of halogens is 5. The van der Waals surface area contributed by atoms with Crippen LogP contribution in [-0.2, 0) is 22.1 Å². The number of rotatable bonds is 4. The van der Waals surface area contributed by atoms with Crippen LogP contribution in [0.2, 0.25) is 0 Å². The highest BCUT2D eigenvalue weighted by Gasteiger charge is 2.39. The summed E-state index contributed by atoms with van der Waals surface area (Å²) in [6.45, 7) is 1.47. The number of ether oxygens (including phenoxy) is 1. The first-order valence-corrected chi connectivity index (χ1v) is 5.40. The maximum atomic E-state index is 12.8. The zero-order chi connectivity index (χ0) is 15.5. The smallest absolute Gasteiger partial charge is 0.437 e. The summed E-state index contributed by atoms with van der Waals surface area (Å²) in [5.41, 5.74) is -3.59. The molecule has 0 spiro atoms. The molecule has 1 aromatic heterocycles. The second-order valence-electron chi connectivity index (χ2n) is 3.67. The van der Waals surface area contributed by atoms with Gasteiger partial charge in [-0.05, 0) is 12.5 Å². The Labute approximate surface area is 110 Å². The molecule has 0 aliphatic heterocycles. The summed E-state index contributed by atoms with van der Waals surface area (Å²) in [7, 11) is 0. The molecular weight excluding hydrogens is 289 g/mol. The summed E-state index contributed by atoms with van der Waals surface area (Å²) in [6.07, 6.45) is -8.67. The quantitative estimate of drug-likeness (QED) is 0.686. The number of carbonyl (C=O) groups is 1. The zero-order valence-corrected chi connectivity index (χ0v) is 10.2. The minimum atomic E-state index is -5.07. The van der Waals surface area contributed by atoms with Crippen LogP contribution in [-0.4, -0.2) is 22.7 Å². The second-order valence-corrected chi connectivity index (χ2v) is 3.67. The molecule has 0 radical (unpaired) electrons. The third-order valence-electron chi connectivity index (χ3n) is 2.30. The van der Waals surface area contributed by atoms with Crippen molar-refractivity contribution in [2.75, 3.05) is 6.61 Å². The van der Waals surface area contributed by atoms with Gasteiger partial charge in [-0.1, -0.05) is 0 Å². The molecular formula is C11H10F5NO3. The molecule has 0 bridgehead atoms. The van der Waals surface area contributed by atoms with E-state index in [4.69, 9.17) is 0 Å². The molecule has 0 saturated heterocycles. The van der Waals surface area contributed by atoms with E-state index in [1.54, 1.807) is 0 Å². The molecule has 1 heterocycles. The number of hydrogen-bond acceptors (Lipinski definition) is 4. The highest BCUT2D eigenvalue weighted by atomic mass is 19.4. The van der Waals surface area contributed by atoms with Crippen molar-refractivity contribution < 1.29 is 36.6 Å². The average molecular weight is 299 g/mol. The highest BCUT2D eigenvalue weighted by molar-refractivity contribution is 5.73. The number of hydrogen-bond donors (Lipinski definition) is 1. The van der Waals surface area contributed by atoms with Gasteiger partial charge in [0.1, 0.15) is 0 Å². The minimum absolute atomic E-state index is 0.0110. The summed E-state index contributed by atoms with van der Waals surface area (Å²) in [6, 6.07) is 0. The fraction of sp³-hybridized carbons (Fsp3) is 0.455. The third kappa shape index (κ3) is 3.55. The van der Waals surface area contributed by atoms with E-state index < -0.39 is 47.6 Å². The lowest BCUT2D eigenvalue weighted by Crippen LogP contribution is -2.14. The number of aromatic nitrogens is 1. The number of esters is 1. The van der Waals surface area contributed by atoms with Crippen LogP contribution in [0, 0.1) is 0 Å². The molecule has 0 fully saturated rings. The molecule has 9 heteroatoms. The summed E-state index contributed by atoms with van der Waals surface area (Å²) in [5, 5.41) is 9.30. The minimum Gasteiger partial charge on any atom is -0.505 e. The van der Waals surface area contributed by atoms with Gasteiger partial charge in [0.2, 0.25) is 0 Å². The fourth-order valence-corrected chi connectivity index (χ4v) is 1.51. The Hall–Kier alpha value is -1.93. The van der Waals surface area contributed by atoms with Gasteiger partial charge in [-0.25, -0.2) is 13.8 Å². The van der Waals surface area contributed by atoms with E-state index in [0.29, 0.717) is 6.20 Å². The van der Waals surface area contributed by atoms with Crippen LogP contribution in [0.5, 0.6) is 5.75 Å². The fourth-order valence-electron chi connectivity index (χ4n) is 1.51. The Kier molecular flexibility index (Phi) is 4.85. The van der Waals surface area contributed by atoms with Crippen LogP contribution in [0.25, 0.3) is 0 Å². The Balaban J connectivity index is 3.27. The molecule has 1 N–H and O–H groups in total. The van der Waals surface area contributed by atoms with Gasteiger partial charge in [-0.2, -0.15) is 13.2 Å². The molecule has 4 nitrogen and oxygen atoms in total. The lowest BCUT2D eigenvalue weighted by atomic mass is 10.0. The van der Waals surface area contributed by atoms with Crippen molar-refractivity contribution in [3.8, 4) is 5.75 Å². The summed E-state index contributed by atoms with van der Waals surface area (Å²) in [5.74, 6) is -2.58. The van der Waals surface area contributed by atoms with Crippen molar-refractivity contribution in [1.29, 1.82) is 0 Å². The largest absolute Gasteiger partial charge is 0.505 e. The van der Waals surface area contributed by atoms with Gasteiger partial charge in [0.05, 0.1) is 18.6 Å². The van der Waals surface area contributed by atoms with Crippen molar-refractivity contribution >= 4 is 5.97 Å². The molecule has 20 heavy (non-hydrogen) atoms. The molecule has 0 aliphatic rings. The standard InChI is InChI=1S/C11H10F5NO3/c1-2-20-6(18)3-5-4-17-9(11(14,15)16)8(19)7(5)10(12)13/h4,10,19H,2-3H2,1H3. The van der Waals surface area contributed by atoms with Crippen LogP contribution < -0.4 is 0 Å². The Morgan fingerprint density at radius 1 is 1.45 bits per heavy atom. The lowest BCUT2D eigenvalue weighted by Gasteiger charge is -2.14. The number of alkyl halides is 5. The van der Waals surface area contributed by atoms with Gasteiger partial charge >= 0.3 is 12.1 Å². The van der Waals surface area contributed by atoms with Gasteiger partial charge < -0.3 is 9.84 Å². The van der Waals surface area contributed by atoms with Crippen LogP contribution in [0.4, 0.5) is 22.0 Å². The molecule has 0 saturated carbocycles. The van der Waals surface area contributed by atoms with Crippen LogP contribution in [0.3, 0.4) is 0 Å². The molecule has 0 unspecified atom stereocenters. The Morgan fingerprint density at radius 3 is 2.50 bits per heavy atom. The van der Waals surface area contributed by atoms with Gasteiger partial charge in [0, 0.05) is 6.20 Å². The SMILES string of the molecule is CCOC(=O)Cc1cnc(C(F)(F)F)c(O)c1C(F)F. The molecule has 0 aliphatic carbocycles. The summed E-state index contributed by atoms with van der Waals surface area (Å²) < 4.78 is 67.4. The van der Waals surface area contributed by atoms with E-state index in [0.717, 1.165) is 0 Å². The molecule has 112 valence electrons. The van der Waals surface area contributed by atoms with Gasteiger partial charge in [-0.15, -0.1) is 0 Å². The normalized spacial score (nSPS) is 11.8. The molecule has 0 aromatic carbocycles. The topological polar surface area (TPSA) is 59.4 Å².